The second kappa shape index (κ2) is 10.2. The molecule has 0 N–H and O–H groups in total. The van der Waals surface area contributed by atoms with Crippen molar-refractivity contribution in [3.05, 3.63) is 24.8 Å². The molecular formula is C19H35N. The summed E-state index contributed by atoms with van der Waals surface area (Å²) >= 11 is 0. The molecule has 0 aliphatic carbocycles. The number of hydrogen-bond acceptors (Lipinski definition) is 1. The minimum atomic E-state index is 0.523. The van der Waals surface area contributed by atoms with Crippen molar-refractivity contribution in [1.29, 1.82) is 0 Å². The molecule has 116 valence electrons. The van der Waals surface area contributed by atoms with E-state index in [1.807, 2.05) is 6.08 Å². The highest BCUT2D eigenvalue weighted by Crippen LogP contribution is 2.32. The van der Waals surface area contributed by atoms with Crippen LogP contribution in [-0.4, -0.2) is 24.5 Å². The van der Waals surface area contributed by atoms with Gasteiger partial charge >= 0.3 is 0 Å². The lowest BCUT2D eigenvalue weighted by atomic mass is 9.79. The van der Waals surface area contributed by atoms with Crippen molar-refractivity contribution in [2.75, 3.05) is 19.6 Å². The lowest BCUT2D eigenvalue weighted by Crippen LogP contribution is -2.39. The van der Waals surface area contributed by atoms with Crippen molar-refractivity contribution in [2.45, 2.75) is 71.6 Å². The number of piperidine rings is 1. The van der Waals surface area contributed by atoms with Gasteiger partial charge in [-0.3, -0.25) is 0 Å². The quantitative estimate of drug-likeness (QED) is 0.372. The first-order valence-electron chi connectivity index (χ1n) is 8.70. The van der Waals surface area contributed by atoms with Crippen LogP contribution in [0.15, 0.2) is 24.8 Å². The second-order valence-electron chi connectivity index (χ2n) is 6.81. The predicted octanol–water partition coefficient (Wildman–Crippen LogP) is 5.58. The number of rotatable bonds is 10. The van der Waals surface area contributed by atoms with Crippen molar-refractivity contribution in [2.24, 2.45) is 5.41 Å². The first-order valence-corrected chi connectivity index (χ1v) is 8.70. The van der Waals surface area contributed by atoms with Gasteiger partial charge in [0.1, 0.15) is 0 Å². The summed E-state index contributed by atoms with van der Waals surface area (Å²) in [5.41, 5.74) is 0.523. The smallest absolute Gasteiger partial charge is 0.00353 e. The zero-order valence-corrected chi connectivity index (χ0v) is 13.9. The van der Waals surface area contributed by atoms with Crippen molar-refractivity contribution in [3.8, 4) is 0 Å². The van der Waals surface area contributed by atoms with E-state index in [1.54, 1.807) is 0 Å². The fourth-order valence-electron chi connectivity index (χ4n) is 3.38. The van der Waals surface area contributed by atoms with E-state index in [9.17, 15) is 0 Å². The first kappa shape index (κ1) is 17.5. The van der Waals surface area contributed by atoms with Crippen LogP contribution in [0.25, 0.3) is 0 Å². The van der Waals surface area contributed by atoms with E-state index in [1.165, 1.54) is 77.4 Å². The van der Waals surface area contributed by atoms with Crippen LogP contribution in [0.2, 0.25) is 0 Å². The van der Waals surface area contributed by atoms with Crippen LogP contribution in [0, 0.1) is 5.41 Å². The zero-order chi connectivity index (χ0) is 14.7. The van der Waals surface area contributed by atoms with Crippen LogP contribution in [-0.2, 0) is 0 Å². The van der Waals surface area contributed by atoms with Crippen LogP contribution in [0.4, 0.5) is 0 Å². The van der Waals surface area contributed by atoms with Gasteiger partial charge < -0.3 is 4.90 Å². The van der Waals surface area contributed by atoms with Gasteiger partial charge in [-0.1, -0.05) is 57.9 Å². The second-order valence-corrected chi connectivity index (χ2v) is 6.81. The SMILES string of the molecule is C=C/C=C/CCCC(C)(CCCC)CN1CCCCC1. The van der Waals surface area contributed by atoms with Crippen LogP contribution in [0.5, 0.6) is 0 Å². The number of likely N-dealkylation sites (tertiary alicyclic amines) is 1. The molecule has 1 rings (SSSR count). The molecule has 1 aliphatic rings. The van der Waals surface area contributed by atoms with Gasteiger partial charge in [0.25, 0.3) is 0 Å². The van der Waals surface area contributed by atoms with E-state index in [-0.39, 0.29) is 0 Å². The minimum absolute atomic E-state index is 0.523. The van der Waals surface area contributed by atoms with Crippen LogP contribution >= 0.6 is 0 Å². The molecule has 0 saturated carbocycles. The molecule has 1 saturated heterocycles. The highest BCUT2D eigenvalue weighted by Gasteiger charge is 2.26. The molecule has 0 amide bonds. The van der Waals surface area contributed by atoms with E-state index in [0.29, 0.717) is 5.41 Å². The lowest BCUT2D eigenvalue weighted by molar-refractivity contribution is 0.121. The monoisotopic (exact) mass is 277 g/mol. The molecule has 1 heterocycles. The molecule has 0 spiro atoms. The Balaban J connectivity index is 2.41. The van der Waals surface area contributed by atoms with Gasteiger partial charge in [-0.25, -0.2) is 0 Å². The molecule has 0 bridgehead atoms. The summed E-state index contributed by atoms with van der Waals surface area (Å²) in [7, 11) is 0. The summed E-state index contributed by atoms with van der Waals surface area (Å²) in [5, 5.41) is 0. The average molecular weight is 277 g/mol. The maximum absolute atomic E-state index is 3.73. The van der Waals surface area contributed by atoms with Gasteiger partial charge in [-0.2, -0.15) is 0 Å². The maximum Gasteiger partial charge on any atom is 0.00353 e. The minimum Gasteiger partial charge on any atom is -0.303 e. The lowest BCUT2D eigenvalue weighted by Gasteiger charge is -2.37. The van der Waals surface area contributed by atoms with Crippen LogP contribution in [0.1, 0.15) is 71.6 Å². The third-order valence-electron chi connectivity index (χ3n) is 4.61. The third kappa shape index (κ3) is 7.28. The summed E-state index contributed by atoms with van der Waals surface area (Å²) in [5.74, 6) is 0. The molecule has 1 unspecified atom stereocenters. The van der Waals surface area contributed by atoms with E-state index in [4.69, 9.17) is 0 Å². The molecule has 1 aliphatic heterocycles. The number of allylic oxidation sites excluding steroid dienone is 3. The molecule has 0 radical (unpaired) electrons. The number of nitrogens with zero attached hydrogens (tertiary/aromatic N) is 1. The summed E-state index contributed by atoms with van der Waals surface area (Å²) in [6, 6.07) is 0. The fraction of sp³-hybridized carbons (Fsp3) is 0.789. The van der Waals surface area contributed by atoms with Crippen molar-refractivity contribution in [3.63, 3.8) is 0 Å². The van der Waals surface area contributed by atoms with Gasteiger partial charge in [0.05, 0.1) is 0 Å². The Bertz CT molecular complexity index is 275. The van der Waals surface area contributed by atoms with Crippen LogP contribution < -0.4 is 0 Å². The van der Waals surface area contributed by atoms with Gasteiger partial charge in [-0.05, 0) is 57.0 Å². The van der Waals surface area contributed by atoms with Crippen molar-refractivity contribution < 1.29 is 0 Å². The van der Waals surface area contributed by atoms with Gasteiger partial charge in [0.15, 0.2) is 0 Å². The summed E-state index contributed by atoms with van der Waals surface area (Å²) in [6.07, 6.45) is 18.5. The average Bonchev–Trinajstić information content (AvgIpc) is 2.46. The third-order valence-corrected chi connectivity index (χ3v) is 4.61. The Morgan fingerprint density at radius 1 is 1.10 bits per heavy atom. The zero-order valence-electron chi connectivity index (χ0n) is 13.9. The highest BCUT2D eigenvalue weighted by molar-refractivity contribution is 4.97. The molecule has 1 atom stereocenters. The molecule has 20 heavy (non-hydrogen) atoms. The molecule has 0 aromatic carbocycles. The highest BCUT2D eigenvalue weighted by atomic mass is 15.1. The normalized spacial score (nSPS) is 20.1. The van der Waals surface area contributed by atoms with Gasteiger partial charge in [0, 0.05) is 6.54 Å². The van der Waals surface area contributed by atoms with E-state index >= 15 is 0 Å². The van der Waals surface area contributed by atoms with Gasteiger partial charge in [-0.15, -0.1) is 0 Å². The summed E-state index contributed by atoms with van der Waals surface area (Å²) < 4.78 is 0. The topological polar surface area (TPSA) is 3.24 Å². The van der Waals surface area contributed by atoms with Crippen LogP contribution in [0.3, 0.4) is 0 Å². The summed E-state index contributed by atoms with van der Waals surface area (Å²) in [4.78, 5) is 2.72. The summed E-state index contributed by atoms with van der Waals surface area (Å²) in [6.45, 7) is 12.5. The Kier molecular flexibility index (Phi) is 8.93. The van der Waals surface area contributed by atoms with Crippen molar-refractivity contribution >= 4 is 0 Å². The Labute approximate surface area is 127 Å². The number of hydrogen-bond donors (Lipinski definition) is 0. The molecule has 1 heteroatoms. The maximum atomic E-state index is 3.73. The molecule has 1 fully saturated rings. The first-order chi connectivity index (χ1) is 9.70. The molecule has 0 aromatic heterocycles. The number of unbranched alkanes of at least 4 members (excludes halogenated alkanes) is 2. The predicted molar refractivity (Wildman–Crippen MR) is 91.1 cm³/mol. The Morgan fingerprint density at radius 2 is 1.80 bits per heavy atom. The van der Waals surface area contributed by atoms with E-state index in [2.05, 4.69) is 37.5 Å². The standard InChI is InChI=1S/C19H35N/c1-4-6-8-9-11-15-19(3,14-7-5-2)18-20-16-12-10-13-17-20/h4,6,8H,1,5,7,9-18H2,2-3H3/b8-6+. The van der Waals surface area contributed by atoms with Crippen molar-refractivity contribution in [1.82, 2.24) is 4.90 Å². The Hall–Kier alpha value is -0.560. The van der Waals surface area contributed by atoms with E-state index < -0.39 is 0 Å². The molecule has 0 aromatic rings. The molecular weight excluding hydrogens is 242 g/mol. The largest absolute Gasteiger partial charge is 0.303 e. The van der Waals surface area contributed by atoms with Gasteiger partial charge in [0.2, 0.25) is 0 Å². The Morgan fingerprint density at radius 3 is 2.45 bits per heavy atom. The fourth-order valence-corrected chi connectivity index (χ4v) is 3.38. The molecule has 1 nitrogen and oxygen atoms in total. The van der Waals surface area contributed by atoms with E-state index in [0.717, 1.165) is 0 Å².